The van der Waals surface area contributed by atoms with E-state index in [2.05, 4.69) is 21.0 Å². The molecule has 3 N–H and O–H groups in total. The van der Waals surface area contributed by atoms with Crippen molar-refractivity contribution in [1.29, 1.82) is 0 Å². The smallest absolute Gasteiger partial charge is 0.255 e. The Bertz CT molecular complexity index is 1450. The summed E-state index contributed by atoms with van der Waals surface area (Å²) in [4.78, 5) is 54.8. The number of rotatable bonds is 6. The van der Waals surface area contributed by atoms with Crippen LogP contribution >= 0.6 is 0 Å². The molecule has 0 bridgehead atoms. The van der Waals surface area contributed by atoms with Gasteiger partial charge in [0.25, 0.3) is 5.91 Å². The van der Waals surface area contributed by atoms with Crippen molar-refractivity contribution in [2.75, 3.05) is 26.7 Å². The van der Waals surface area contributed by atoms with Crippen LogP contribution in [0.4, 0.5) is 0 Å². The molecule has 0 radical (unpaired) electrons. The predicted molar refractivity (Wildman–Crippen MR) is 162 cm³/mol. The van der Waals surface area contributed by atoms with E-state index in [9.17, 15) is 19.2 Å². The molecule has 2 aromatic carbocycles. The number of hydrogen-bond donors (Lipinski definition) is 3. The van der Waals surface area contributed by atoms with Gasteiger partial charge in [0.15, 0.2) is 0 Å². The molecule has 2 heterocycles. The average molecular weight is 589 g/mol. The number of carbonyl (C=O) groups is 4. The zero-order chi connectivity index (χ0) is 30.9. The zero-order valence-electron chi connectivity index (χ0n) is 25.2. The third kappa shape index (κ3) is 8.21. The summed E-state index contributed by atoms with van der Waals surface area (Å²) in [5.74, 6) is -1.19. The van der Waals surface area contributed by atoms with Crippen molar-refractivity contribution in [2.24, 2.45) is 7.05 Å². The number of nitrogens with zero attached hydrogens (tertiary/aromatic N) is 3. The van der Waals surface area contributed by atoms with Crippen LogP contribution in [-0.2, 0) is 34.3 Å². The molecule has 1 aromatic heterocycles. The second kappa shape index (κ2) is 14.5. The van der Waals surface area contributed by atoms with Gasteiger partial charge in [-0.3, -0.25) is 23.9 Å². The lowest BCUT2D eigenvalue weighted by atomic mass is 10.0. The van der Waals surface area contributed by atoms with Crippen molar-refractivity contribution in [2.45, 2.75) is 51.6 Å². The maximum absolute atomic E-state index is 13.4. The number of aromatic nitrogens is 2. The van der Waals surface area contributed by atoms with Crippen LogP contribution in [0, 0.1) is 13.8 Å². The predicted octanol–water partition coefficient (Wildman–Crippen LogP) is 1.85. The molecular formula is C32H40N6O5. The van der Waals surface area contributed by atoms with E-state index in [1.54, 1.807) is 36.0 Å². The van der Waals surface area contributed by atoms with Crippen molar-refractivity contribution < 1.29 is 23.9 Å². The molecule has 0 saturated heterocycles. The van der Waals surface area contributed by atoms with E-state index in [-0.39, 0.29) is 43.4 Å². The third-order valence-electron chi connectivity index (χ3n) is 7.72. The van der Waals surface area contributed by atoms with Crippen LogP contribution < -0.4 is 20.7 Å². The van der Waals surface area contributed by atoms with E-state index in [0.717, 1.165) is 22.5 Å². The fraction of sp³-hybridized carbons (Fsp3) is 0.406. The Hall–Kier alpha value is -4.67. The molecule has 3 aromatic rings. The molecule has 2 atom stereocenters. The van der Waals surface area contributed by atoms with Gasteiger partial charge in [-0.15, -0.1) is 0 Å². The summed E-state index contributed by atoms with van der Waals surface area (Å²) in [6.07, 6.45) is 0.859. The first-order chi connectivity index (χ1) is 20.6. The molecule has 0 saturated carbocycles. The second-order valence-electron chi connectivity index (χ2n) is 10.8. The minimum Gasteiger partial charge on any atom is -0.491 e. The number of benzene rings is 2. The number of amides is 4. The van der Waals surface area contributed by atoms with Gasteiger partial charge in [0.1, 0.15) is 24.4 Å². The average Bonchev–Trinajstić information content (AvgIpc) is 3.24. The molecule has 228 valence electrons. The molecule has 11 nitrogen and oxygen atoms in total. The fourth-order valence-electron chi connectivity index (χ4n) is 5.16. The Morgan fingerprint density at radius 3 is 2.47 bits per heavy atom. The minimum absolute atomic E-state index is 0.0411. The fourth-order valence-corrected chi connectivity index (χ4v) is 5.16. The van der Waals surface area contributed by atoms with E-state index < -0.39 is 23.9 Å². The molecule has 43 heavy (non-hydrogen) atoms. The second-order valence-corrected chi connectivity index (χ2v) is 10.8. The molecule has 0 fully saturated rings. The van der Waals surface area contributed by atoms with Crippen molar-refractivity contribution >= 4 is 23.6 Å². The van der Waals surface area contributed by atoms with Crippen LogP contribution in [-0.4, -0.2) is 77.1 Å². The van der Waals surface area contributed by atoms with Crippen LogP contribution in [0.15, 0.2) is 54.6 Å². The zero-order valence-corrected chi connectivity index (χ0v) is 25.2. The lowest BCUT2D eigenvalue weighted by Crippen LogP contribution is -2.50. The molecule has 0 spiro atoms. The highest BCUT2D eigenvalue weighted by Gasteiger charge is 2.28. The highest BCUT2D eigenvalue weighted by Crippen LogP contribution is 2.19. The standard InChI is InChI=1S/C32H40N6O5/c1-21-24(22(2)38(4)36-21)16-17-33-31(41)26-14-15-29(39)34-27(20-23-10-6-5-7-11-23)32(42)37(3)18-19-43-28-13-9-8-12-25(28)30(40)35-26/h5-13,26-27H,14-20H2,1-4H3,(H,33,41)(H,34,39)(H,35,40)/t26-,27-/m0/s1. The summed E-state index contributed by atoms with van der Waals surface area (Å²) >= 11 is 0. The first-order valence-electron chi connectivity index (χ1n) is 14.5. The number of nitrogens with one attached hydrogen (secondary N) is 3. The number of fused-ring (bicyclic) bond motifs is 1. The summed E-state index contributed by atoms with van der Waals surface area (Å²) in [6.45, 7) is 4.62. The topological polar surface area (TPSA) is 135 Å². The van der Waals surface area contributed by atoms with E-state index in [1.165, 1.54) is 4.90 Å². The van der Waals surface area contributed by atoms with Crippen LogP contribution in [0.1, 0.15) is 45.7 Å². The molecule has 1 aliphatic heterocycles. The van der Waals surface area contributed by atoms with Gasteiger partial charge in [0, 0.05) is 39.2 Å². The Morgan fingerprint density at radius 1 is 1.02 bits per heavy atom. The summed E-state index contributed by atoms with van der Waals surface area (Å²) in [6, 6.07) is 14.4. The number of likely N-dealkylation sites (N-methyl/N-ethyl adjacent to an activating group) is 1. The van der Waals surface area contributed by atoms with Crippen molar-refractivity contribution in [3.63, 3.8) is 0 Å². The maximum Gasteiger partial charge on any atom is 0.255 e. The lowest BCUT2D eigenvalue weighted by molar-refractivity contribution is -0.135. The van der Waals surface area contributed by atoms with Gasteiger partial charge in [-0.25, -0.2) is 0 Å². The maximum atomic E-state index is 13.4. The third-order valence-corrected chi connectivity index (χ3v) is 7.72. The van der Waals surface area contributed by atoms with Crippen molar-refractivity contribution in [3.8, 4) is 5.75 Å². The molecule has 0 aliphatic carbocycles. The van der Waals surface area contributed by atoms with Crippen molar-refractivity contribution in [3.05, 3.63) is 82.7 Å². The molecule has 4 amide bonds. The quantitative estimate of drug-likeness (QED) is 0.403. The van der Waals surface area contributed by atoms with Crippen LogP contribution in [0.2, 0.25) is 0 Å². The Labute approximate surface area is 252 Å². The Kier molecular flexibility index (Phi) is 10.5. The number of para-hydroxylation sites is 1. The van der Waals surface area contributed by atoms with E-state index in [1.807, 2.05) is 51.2 Å². The van der Waals surface area contributed by atoms with E-state index in [4.69, 9.17) is 4.74 Å². The van der Waals surface area contributed by atoms with Crippen LogP contribution in [0.25, 0.3) is 0 Å². The van der Waals surface area contributed by atoms with Gasteiger partial charge in [-0.1, -0.05) is 42.5 Å². The van der Waals surface area contributed by atoms with E-state index in [0.29, 0.717) is 25.1 Å². The summed E-state index contributed by atoms with van der Waals surface area (Å²) in [5, 5.41) is 13.0. The minimum atomic E-state index is -0.988. The van der Waals surface area contributed by atoms with Gasteiger partial charge < -0.3 is 25.6 Å². The Morgan fingerprint density at radius 2 is 1.74 bits per heavy atom. The monoisotopic (exact) mass is 588 g/mol. The molecule has 0 unspecified atom stereocenters. The van der Waals surface area contributed by atoms with Gasteiger partial charge in [-0.05, 0) is 49.9 Å². The first kappa shape index (κ1) is 31.3. The number of ether oxygens (including phenoxy) is 1. The molecule has 1 aliphatic rings. The Balaban J connectivity index is 1.53. The van der Waals surface area contributed by atoms with E-state index >= 15 is 0 Å². The normalized spacial score (nSPS) is 18.4. The first-order valence-corrected chi connectivity index (χ1v) is 14.5. The highest BCUT2D eigenvalue weighted by molar-refractivity contribution is 5.99. The number of aryl methyl sites for hydroxylation is 2. The summed E-state index contributed by atoms with van der Waals surface area (Å²) < 4.78 is 7.71. The van der Waals surface area contributed by atoms with Gasteiger partial charge in [0.2, 0.25) is 17.7 Å². The van der Waals surface area contributed by atoms with Crippen LogP contribution in [0.5, 0.6) is 5.75 Å². The summed E-state index contributed by atoms with van der Waals surface area (Å²) in [5.41, 5.74) is 4.14. The SMILES string of the molecule is Cc1nn(C)c(C)c1CCNC(=O)[C@@H]1CCC(=O)N[C@@H](Cc2ccccc2)C(=O)N(C)CCOc2ccccc2C(=O)N1. The highest BCUT2D eigenvalue weighted by atomic mass is 16.5. The van der Waals surface area contributed by atoms with Gasteiger partial charge in [0.05, 0.1) is 17.8 Å². The van der Waals surface area contributed by atoms with Gasteiger partial charge >= 0.3 is 0 Å². The van der Waals surface area contributed by atoms with Crippen LogP contribution in [0.3, 0.4) is 0 Å². The van der Waals surface area contributed by atoms with Crippen molar-refractivity contribution in [1.82, 2.24) is 30.6 Å². The summed E-state index contributed by atoms with van der Waals surface area (Å²) in [7, 11) is 3.53. The number of carbonyl (C=O) groups excluding carboxylic acids is 4. The molecular weight excluding hydrogens is 548 g/mol. The largest absolute Gasteiger partial charge is 0.491 e. The van der Waals surface area contributed by atoms with Gasteiger partial charge in [-0.2, -0.15) is 5.10 Å². The lowest BCUT2D eigenvalue weighted by Gasteiger charge is -2.25. The molecule has 11 heteroatoms. The number of hydrogen-bond acceptors (Lipinski definition) is 6. The molecule has 4 rings (SSSR count).